The van der Waals surface area contributed by atoms with Crippen LogP contribution in [0.3, 0.4) is 0 Å². The number of nitrogens with one attached hydrogen (secondary N) is 2. The maximum atomic E-state index is 13.6. The van der Waals surface area contributed by atoms with Gasteiger partial charge in [-0.1, -0.05) is 24.0 Å². The van der Waals surface area contributed by atoms with Gasteiger partial charge >= 0.3 is 5.69 Å². The number of imidazole rings is 1. The quantitative estimate of drug-likeness (QED) is 0.151. The smallest absolute Gasteiger partial charge is 0.329 e. The second-order valence-corrected chi connectivity index (χ2v) is 17.7. The predicted molar refractivity (Wildman–Crippen MR) is 235 cm³/mol. The molecule has 5 aromatic rings. The molecule has 1 unspecified atom stereocenters. The predicted octanol–water partition coefficient (Wildman–Crippen LogP) is 4.41. The average molecular weight is 856 g/mol. The lowest BCUT2D eigenvalue weighted by Gasteiger charge is -2.36. The van der Waals surface area contributed by atoms with Gasteiger partial charge in [0.1, 0.15) is 29.8 Å². The first-order valence-corrected chi connectivity index (χ1v) is 22.3. The molecule has 0 radical (unpaired) electrons. The number of para-hydroxylation sites is 1. The SMILES string of the molecule is COc1cc([C@H]2CC[C@H](CN3CCC(OCC#Cc4cccc5c4n(C)c(=O)n5C4CCC(=O)NC4=O)CC3)CC2)ccc1NC(=O)c1cnn2ccc(N3C[C@H]4C[C@@H]3CO4)nc12. The highest BCUT2D eigenvalue weighted by atomic mass is 16.5. The van der Waals surface area contributed by atoms with Gasteiger partial charge in [0.25, 0.3) is 5.91 Å². The fourth-order valence-electron chi connectivity index (χ4n) is 10.5. The van der Waals surface area contributed by atoms with E-state index in [-0.39, 0.29) is 42.6 Å². The number of anilines is 2. The van der Waals surface area contributed by atoms with Crippen LogP contribution in [0.25, 0.3) is 16.7 Å². The van der Waals surface area contributed by atoms with Gasteiger partial charge in [-0.15, -0.1) is 0 Å². The number of benzene rings is 2. The number of hydrogen-bond donors (Lipinski definition) is 2. The van der Waals surface area contributed by atoms with Crippen molar-refractivity contribution in [2.45, 2.75) is 88.0 Å². The summed E-state index contributed by atoms with van der Waals surface area (Å²) in [5.74, 6) is 7.88. The van der Waals surface area contributed by atoms with Gasteiger partial charge in [-0.2, -0.15) is 5.10 Å². The van der Waals surface area contributed by atoms with Crippen LogP contribution in [0.1, 0.15) is 91.2 Å². The summed E-state index contributed by atoms with van der Waals surface area (Å²) in [5, 5.41) is 9.81. The lowest BCUT2D eigenvalue weighted by molar-refractivity contribution is -0.135. The van der Waals surface area contributed by atoms with Crippen LogP contribution in [0.5, 0.6) is 5.75 Å². The van der Waals surface area contributed by atoms with E-state index >= 15 is 0 Å². The first-order valence-electron chi connectivity index (χ1n) is 22.3. The lowest BCUT2D eigenvalue weighted by Crippen LogP contribution is -2.44. The first kappa shape index (κ1) is 41.0. The molecule has 2 aromatic carbocycles. The maximum Gasteiger partial charge on any atom is 0.329 e. The number of aromatic nitrogens is 5. The number of rotatable bonds is 10. The highest BCUT2D eigenvalue weighted by Gasteiger charge is 2.40. The van der Waals surface area contributed by atoms with Crippen LogP contribution < -0.4 is 26.0 Å². The summed E-state index contributed by atoms with van der Waals surface area (Å²) < 4.78 is 22.4. The van der Waals surface area contributed by atoms with Crippen LogP contribution >= 0.6 is 0 Å². The van der Waals surface area contributed by atoms with Crippen LogP contribution in [-0.4, -0.2) is 111 Å². The number of imide groups is 1. The molecule has 328 valence electrons. The van der Waals surface area contributed by atoms with Gasteiger partial charge < -0.3 is 29.3 Å². The van der Waals surface area contributed by atoms with E-state index < -0.39 is 11.9 Å². The van der Waals surface area contributed by atoms with Crippen LogP contribution in [-0.2, 0) is 26.1 Å². The third-order valence-electron chi connectivity index (χ3n) is 13.9. The molecule has 63 heavy (non-hydrogen) atoms. The van der Waals surface area contributed by atoms with Gasteiger partial charge in [0.2, 0.25) is 11.8 Å². The monoisotopic (exact) mass is 855 g/mol. The molecule has 5 fully saturated rings. The normalized spacial score (nSPS) is 24.2. The number of morpholine rings is 1. The van der Waals surface area contributed by atoms with Gasteiger partial charge in [0.05, 0.1) is 60.4 Å². The molecule has 16 nitrogen and oxygen atoms in total. The summed E-state index contributed by atoms with van der Waals surface area (Å²) in [5.41, 5.74) is 4.45. The molecule has 3 aromatic heterocycles. The van der Waals surface area contributed by atoms with Gasteiger partial charge in [0, 0.05) is 45.8 Å². The fraction of sp³-hybridized carbons (Fsp3) is 0.489. The van der Waals surface area contributed by atoms with Gasteiger partial charge in [0.15, 0.2) is 5.65 Å². The number of likely N-dealkylation sites (tertiary alicyclic amines) is 1. The minimum absolute atomic E-state index is 0.151. The van der Waals surface area contributed by atoms with E-state index in [0.717, 1.165) is 64.1 Å². The molecular weight excluding hydrogens is 803 g/mol. The summed E-state index contributed by atoms with van der Waals surface area (Å²) in [4.78, 5) is 60.9. The van der Waals surface area contributed by atoms with Crippen molar-refractivity contribution in [1.29, 1.82) is 0 Å². The minimum Gasteiger partial charge on any atom is -0.495 e. The molecular formula is C47H53N9O7. The summed E-state index contributed by atoms with van der Waals surface area (Å²) in [7, 11) is 3.32. The minimum atomic E-state index is -0.737. The molecule has 1 aliphatic carbocycles. The zero-order valence-electron chi connectivity index (χ0n) is 35.8. The number of hydrogen-bond acceptors (Lipinski definition) is 11. The van der Waals surface area contributed by atoms with Crippen LogP contribution in [0.15, 0.2) is 59.7 Å². The van der Waals surface area contributed by atoms with Crippen molar-refractivity contribution < 1.29 is 28.6 Å². The summed E-state index contributed by atoms with van der Waals surface area (Å²) >= 11 is 0. The summed E-state index contributed by atoms with van der Waals surface area (Å²) in [6.45, 7) is 4.91. The van der Waals surface area contributed by atoms with Gasteiger partial charge in [-0.25, -0.2) is 14.3 Å². The third-order valence-corrected chi connectivity index (χ3v) is 13.9. The van der Waals surface area contributed by atoms with E-state index in [1.165, 1.54) is 27.5 Å². The zero-order valence-corrected chi connectivity index (χ0v) is 35.8. The van der Waals surface area contributed by atoms with E-state index in [4.69, 9.17) is 19.2 Å². The summed E-state index contributed by atoms with van der Waals surface area (Å²) in [6, 6.07) is 13.2. The van der Waals surface area contributed by atoms with Crippen molar-refractivity contribution in [3.63, 3.8) is 0 Å². The second kappa shape index (κ2) is 17.3. The molecule has 2 N–H and O–H groups in total. The lowest BCUT2D eigenvalue weighted by atomic mass is 9.78. The molecule has 4 aliphatic heterocycles. The Morgan fingerprint density at radius 2 is 1.87 bits per heavy atom. The Kier molecular flexibility index (Phi) is 11.2. The van der Waals surface area contributed by atoms with Gasteiger partial charge in [-0.3, -0.25) is 28.8 Å². The van der Waals surface area contributed by atoms with Crippen molar-refractivity contribution in [3.05, 3.63) is 82.0 Å². The Hall–Kier alpha value is -6.02. The molecule has 3 amide bonds. The largest absolute Gasteiger partial charge is 0.495 e. The molecule has 16 heteroatoms. The van der Waals surface area contributed by atoms with E-state index in [1.54, 1.807) is 24.9 Å². The number of fused-ring (bicyclic) bond motifs is 4. The Balaban J connectivity index is 0.687. The molecule has 2 bridgehead atoms. The van der Waals surface area contributed by atoms with Crippen molar-refractivity contribution in [3.8, 4) is 17.6 Å². The topological polar surface area (TPSA) is 167 Å². The zero-order chi connectivity index (χ0) is 43.2. The average Bonchev–Trinajstić information content (AvgIpc) is 4.10. The molecule has 7 heterocycles. The Morgan fingerprint density at radius 3 is 2.63 bits per heavy atom. The number of ether oxygens (including phenoxy) is 3. The number of piperidine rings is 2. The number of amides is 3. The van der Waals surface area contributed by atoms with Crippen molar-refractivity contribution in [1.82, 2.24) is 33.9 Å². The maximum absolute atomic E-state index is 13.6. The molecule has 5 aliphatic rings. The number of carbonyl (C=O) groups is 3. The second-order valence-electron chi connectivity index (χ2n) is 17.7. The van der Waals surface area contributed by atoms with Crippen molar-refractivity contribution in [2.24, 2.45) is 13.0 Å². The van der Waals surface area contributed by atoms with Crippen LogP contribution in [0, 0.1) is 17.8 Å². The summed E-state index contributed by atoms with van der Waals surface area (Å²) in [6.07, 6.45) is 11.8. The molecule has 1 saturated carbocycles. The van der Waals surface area contributed by atoms with E-state index in [2.05, 4.69) is 49.5 Å². The highest BCUT2D eigenvalue weighted by molar-refractivity contribution is 6.09. The van der Waals surface area contributed by atoms with Crippen molar-refractivity contribution in [2.75, 3.05) is 56.7 Å². The Bertz CT molecular complexity index is 2700. The molecule has 0 spiro atoms. The van der Waals surface area contributed by atoms with E-state index in [0.29, 0.717) is 70.3 Å². The number of carbonyl (C=O) groups excluding carboxylic acids is 3. The third kappa shape index (κ3) is 8.09. The first-order chi connectivity index (χ1) is 30.7. The number of aryl methyl sites for hydroxylation is 1. The van der Waals surface area contributed by atoms with E-state index in [9.17, 15) is 19.2 Å². The number of methoxy groups -OCH3 is 1. The Morgan fingerprint density at radius 1 is 1.03 bits per heavy atom. The molecule has 3 atom stereocenters. The molecule has 4 saturated heterocycles. The number of nitrogens with zero attached hydrogens (tertiary/aromatic N) is 7. The van der Waals surface area contributed by atoms with Crippen molar-refractivity contribution >= 4 is 45.9 Å². The Labute approximate surface area is 364 Å². The van der Waals surface area contributed by atoms with Crippen LogP contribution in [0.4, 0.5) is 11.5 Å². The van der Waals surface area contributed by atoms with E-state index in [1.807, 2.05) is 36.5 Å². The highest BCUT2D eigenvalue weighted by Crippen LogP contribution is 2.39. The standard InChI is InChI=1S/C47H53N9O7/c1-52-43-31(5-3-7-38(43)56(47(52)60)39-14-15-42(57)51-46(39)59)6-4-22-62-34-16-19-53(20-17-34)26-29-8-10-30(11-9-29)32-12-13-37(40(23-32)61-2)49-45(58)36-25-48-55-21-18-41(50-44(36)55)54-27-35-24-33(54)28-63-35/h3,5,7,12-13,18,21,23,25,29-30,33-35,39H,8-11,14-17,19-20,22,24,26-28H2,1-2H3,(H,49,58)(H,51,57,59)/t29-,30-,33-,35-,39?/m1/s1. The fourth-order valence-corrected chi connectivity index (χ4v) is 10.5. The molecule has 10 rings (SSSR count). The van der Waals surface area contributed by atoms with Crippen LogP contribution in [0.2, 0.25) is 0 Å². The van der Waals surface area contributed by atoms with Gasteiger partial charge in [-0.05, 0) is 99.1 Å².